The van der Waals surface area contributed by atoms with Crippen LogP contribution >= 0.6 is 22.9 Å². The third kappa shape index (κ3) is 5.28. The molecule has 0 bridgehead atoms. The fraction of sp³-hybridized carbons (Fsp3) is 0.200. The summed E-state index contributed by atoms with van der Waals surface area (Å²) < 4.78 is 18.8. The number of halogens is 2. The molecule has 0 saturated carbocycles. The van der Waals surface area contributed by atoms with E-state index in [4.69, 9.17) is 16.3 Å². The molecular formula is C20H18ClFN2O2S. The summed E-state index contributed by atoms with van der Waals surface area (Å²) >= 11 is 7.30. The average Bonchev–Trinajstić information content (AvgIpc) is 3.11. The summed E-state index contributed by atoms with van der Waals surface area (Å²) in [6.07, 6.45) is 0.183. The molecule has 0 aliphatic heterocycles. The van der Waals surface area contributed by atoms with Crippen molar-refractivity contribution in [3.05, 3.63) is 75.5 Å². The molecule has 0 unspecified atom stereocenters. The lowest BCUT2D eigenvalue weighted by atomic mass is 10.2. The molecule has 0 fully saturated rings. The number of amides is 1. The Hall–Kier alpha value is -2.44. The molecule has 1 amide bonds. The van der Waals surface area contributed by atoms with E-state index in [1.54, 1.807) is 41.3 Å². The Morgan fingerprint density at radius 3 is 2.56 bits per heavy atom. The molecule has 7 heteroatoms. The van der Waals surface area contributed by atoms with Crippen molar-refractivity contribution in [3.8, 4) is 5.75 Å². The standard InChI is InChI=1S/C20H18ClFN2O2S/c1-2-24(17-7-5-15(22)6-8-17)20(25)11-16-13-27-19(23-16)12-26-18-9-3-14(21)4-10-18/h3-10,13H,2,11-12H2,1H3. The van der Waals surface area contributed by atoms with Crippen molar-refractivity contribution in [2.75, 3.05) is 11.4 Å². The molecule has 27 heavy (non-hydrogen) atoms. The van der Waals surface area contributed by atoms with Gasteiger partial charge in [-0.15, -0.1) is 11.3 Å². The van der Waals surface area contributed by atoms with E-state index in [0.717, 1.165) is 5.01 Å². The number of thiazole rings is 1. The molecule has 0 radical (unpaired) electrons. The van der Waals surface area contributed by atoms with E-state index in [9.17, 15) is 9.18 Å². The summed E-state index contributed by atoms with van der Waals surface area (Å²) in [5.41, 5.74) is 1.37. The van der Waals surface area contributed by atoms with Crippen LogP contribution < -0.4 is 9.64 Å². The van der Waals surface area contributed by atoms with Gasteiger partial charge in [-0.1, -0.05) is 11.6 Å². The summed E-state index contributed by atoms with van der Waals surface area (Å²) in [6, 6.07) is 13.0. The lowest BCUT2D eigenvalue weighted by molar-refractivity contribution is -0.118. The van der Waals surface area contributed by atoms with Crippen LogP contribution in [0.5, 0.6) is 5.75 Å². The lowest BCUT2D eigenvalue weighted by Crippen LogP contribution is -2.32. The smallest absolute Gasteiger partial charge is 0.233 e. The molecule has 1 aromatic heterocycles. The van der Waals surface area contributed by atoms with Crippen LogP contribution in [0.3, 0.4) is 0 Å². The van der Waals surface area contributed by atoms with Gasteiger partial charge < -0.3 is 9.64 Å². The Bertz CT molecular complexity index is 897. The van der Waals surface area contributed by atoms with Crippen molar-refractivity contribution in [2.45, 2.75) is 20.0 Å². The number of benzene rings is 2. The zero-order chi connectivity index (χ0) is 19.2. The number of hydrogen-bond acceptors (Lipinski definition) is 4. The van der Waals surface area contributed by atoms with E-state index < -0.39 is 0 Å². The zero-order valence-electron chi connectivity index (χ0n) is 14.7. The summed E-state index contributed by atoms with van der Waals surface area (Å²) in [4.78, 5) is 18.7. The molecule has 0 atom stereocenters. The Kier molecular flexibility index (Phi) is 6.42. The molecule has 3 rings (SSSR count). The number of likely N-dealkylation sites (N-methyl/N-ethyl adjacent to an activating group) is 1. The molecule has 2 aromatic carbocycles. The molecule has 140 valence electrons. The highest BCUT2D eigenvalue weighted by Gasteiger charge is 2.16. The van der Waals surface area contributed by atoms with Crippen LogP contribution in [0.1, 0.15) is 17.6 Å². The van der Waals surface area contributed by atoms with E-state index >= 15 is 0 Å². The molecule has 0 spiro atoms. The SMILES string of the molecule is CCN(C(=O)Cc1csc(COc2ccc(Cl)cc2)n1)c1ccc(F)cc1. The van der Waals surface area contributed by atoms with E-state index in [-0.39, 0.29) is 18.1 Å². The van der Waals surface area contributed by atoms with Crippen LogP contribution in [-0.4, -0.2) is 17.4 Å². The number of carbonyl (C=O) groups excluding carboxylic acids is 1. The Morgan fingerprint density at radius 2 is 1.89 bits per heavy atom. The van der Waals surface area contributed by atoms with Gasteiger partial charge in [0.2, 0.25) is 5.91 Å². The molecule has 0 aliphatic rings. The van der Waals surface area contributed by atoms with E-state index in [1.807, 2.05) is 12.3 Å². The van der Waals surface area contributed by atoms with E-state index in [1.165, 1.54) is 23.5 Å². The monoisotopic (exact) mass is 404 g/mol. The predicted octanol–water partition coefficient (Wildman–Crippen LogP) is 5.11. The van der Waals surface area contributed by atoms with Gasteiger partial charge in [0.05, 0.1) is 12.1 Å². The highest BCUT2D eigenvalue weighted by Crippen LogP contribution is 2.20. The second kappa shape index (κ2) is 8.97. The summed E-state index contributed by atoms with van der Waals surface area (Å²) in [6.45, 7) is 2.71. The molecule has 0 saturated heterocycles. The fourth-order valence-electron chi connectivity index (χ4n) is 2.55. The highest BCUT2D eigenvalue weighted by atomic mass is 35.5. The number of hydrogen-bond donors (Lipinski definition) is 0. The van der Waals surface area contributed by atoms with Crippen LogP contribution in [0.15, 0.2) is 53.9 Å². The van der Waals surface area contributed by atoms with E-state index in [0.29, 0.717) is 35.3 Å². The van der Waals surface area contributed by atoms with Gasteiger partial charge in [-0.05, 0) is 55.5 Å². The first-order chi connectivity index (χ1) is 13.0. The van der Waals surface area contributed by atoms with Gasteiger partial charge in [-0.2, -0.15) is 0 Å². The highest BCUT2D eigenvalue weighted by molar-refractivity contribution is 7.09. The largest absolute Gasteiger partial charge is 0.486 e. The summed E-state index contributed by atoms with van der Waals surface area (Å²) in [5.74, 6) is 0.298. The first-order valence-electron chi connectivity index (χ1n) is 8.42. The maximum absolute atomic E-state index is 13.1. The van der Waals surface area contributed by atoms with Crippen molar-refractivity contribution in [1.29, 1.82) is 0 Å². The Morgan fingerprint density at radius 1 is 1.19 bits per heavy atom. The van der Waals surface area contributed by atoms with Crippen molar-refractivity contribution >= 4 is 34.5 Å². The zero-order valence-corrected chi connectivity index (χ0v) is 16.3. The van der Waals surface area contributed by atoms with Gasteiger partial charge in [0.15, 0.2) is 0 Å². The summed E-state index contributed by atoms with van der Waals surface area (Å²) in [5, 5.41) is 3.30. The van der Waals surface area contributed by atoms with Crippen LogP contribution in [0.4, 0.5) is 10.1 Å². The maximum atomic E-state index is 13.1. The minimum atomic E-state index is -0.327. The predicted molar refractivity (Wildman–Crippen MR) is 106 cm³/mol. The van der Waals surface area contributed by atoms with Crippen molar-refractivity contribution in [2.24, 2.45) is 0 Å². The van der Waals surface area contributed by atoms with Crippen molar-refractivity contribution in [1.82, 2.24) is 4.98 Å². The van der Waals surface area contributed by atoms with Crippen molar-refractivity contribution < 1.29 is 13.9 Å². The topological polar surface area (TPSA) is 42.4 Å². The second-order valence-electron chi connectivity index (χ2n) is 5.77. The van der Waals surface area contributed by atoms with Gasteiger partial charge in [0.1, 0.15) is 23.2 Å². The number of nitrogens with zero attached hydrogens (tertiary/aromatic N) is 2. The third-order valence-electron chi connectivity index (χ3n) is 3.86. The molecule has 3 aromatic rings. The van der Waals surface area contributed by atoms with Crippen LogP contribution in [-0.2, 0) is 17.8 Å². The van der Waals surface area contributed by atoms with Gasteiger partial charge >= 0.3 is 0 Å². The molecule has 0 N–H and O–H groups in total. The maximum Gasteiger partial charge on any atom is 0.233 e. The van der Waals surface area contributed by atoms with Crippen molar-refractivity contribution in [3.63, 3.8) is 0 Å². The van der Waals surface area contributed by atoms with Gasteiger partial charge in [0, 0.05) is 22.6 Å². The van der Waals surface area contributed by atoms with Crippen LogP contribution in [0.25, 0.3) is 0 Å². The Balaban J connectivity index is 1.59. The van der Waals surface area contributed by atoms with Gasteiger partial charge in [-0.3, -0.25) is 4.79 Å². The first kappa shape index (κ1) is 19.3. The quantitative estimate of drug-likeness (QED) is 0.549. The molecular weight excluding hydrogens is 387 g/mol. The summed E-state index contributed by atoms with van der Waals surface area (Å²) in [7, 11) is 0. The molecule has 1 heterocycles. The lowest BCUT2D eigenvalue weighted by Gasteiger charge is -2.20. The Labute approximate surface area is 166 Å². The minimum absolute atomic E-state index is 0.0837. The number of anilines is 1. The fourth-order valence-corrected chi connectivity index (χ4v) is 3.38. The minimum Gasteiger partial charge on any atom is -0.486 e. The molecule has 0 aliphatic carbocycles. The van der Waals surface area contributed by atoms with E-state index in [2.05, 4.69) is 4.98 Å². The molecule has 4 nitrogen and oxygen atoms in total. The van der Waals surface area contributed by atoms with Crippen LogP contribution in [0.2, 0.25) is 5.02 Å². The number of carbonyl (C=O) groups is 1. The third-order valence-corrected chi connectivity index (χ3v) is 4.99. The van der Waals surface area contributed by atoms with Crippen LogP contribution in [0, 0.1) is 5.82 Å². The number of rotatable bonds is 7. The number of aromatic nitrogens is 1. The van der Waals surface area contributed by atoms with Gasteiger partial charge in [0.25, 0.3) is 0 Å². The van der Waals surface area contributed by atoms with Gasteiger partial charge in [-0.25, -0.2) is 9.37 Å². The normalized spacial score (nSPS) is 10.6. The first-order valence-corrected chi connectivity index (χ1v) is 9.68. The second-order valence-corrected chi connectivity index (χ2v) is 7.15. The number of ether oxygens (including phenoxy) is 1. The average molecular weight is 405 g/mol.